The molecule has 0 aliphatic rings. The molecule has 1 unspecified atom stereocenters. The summed E-state index contributed by atoms with van der Waals surface area (Å²) in [5.41, 5.74) is 5.77. The molecule has 0 fully saturated rings. The van der Waals surface area contributed by atoms with E-state index >= 15 is 0 Å². The normalized spacial score (nSPS) is 11.8. The minimum absolute atomic E-state index is 0.341. The summed E-state index contributed by atoms with van der Waals surface area (Å²) >= 11 is 0. The van der Waals surface area contributed by atoms with Crippen molar-refractivity contribution in [3.63, 3.8) is 0 Å². The highest BCUT2D eigenvalue weighted by atomic mass is 16.7. The van der Waals surface area contributed by atoms with Crippen molar-refractivity contribution in [2.75, 3.05) is 6.54 Å². The molecule has 2 aromatic rings. The molecule has 4 N–H and O–H groups in total. The van der Waals surface area contributed by atoms with Gasteiger partial charge in [0.15, 0.2) is 6.29 Å². The smallest absolute Gasteiger partial charge is 0.356 e. The fraction of sp³-hybridized carbons (Fsp3) is 0.300. The van der Waals surface area contributed by atoms with Crippen LogP contribution in [0.2, 0.25) is 0 Å². The standard InChI is InChI=1S/C20H24N2O6/c23-18(24)17(22-28-20(26)16-11-5-2-6-12-16)13-7-8-14-21-27-19(25)15-9-3-1-4-10-15/h1-6,9-12,17-18,21-24H,7-8,13-14H2. The summed E-state index contributed by atoms with van der Waals surface area (Å²) in [6.07, 6.45) is -0.158. The summed E-state index contributed by atoms with van der Waals surface area (Å²) in [6, 6.07) is 16.1. The first-order chi connectivity index (χ1) is 13.6. The molecule has 0 saturated heterocycles. The minimum atomic E-state index is -1.69. The number of carbonyl (C=O) groups is 2. The maximum Gasteiger partial charge on any atom is 0.356 e. The van der Waals surface area contributed by atoms with E-state index in [1.54, 1.807) is 60.7 Å². The van der Waals surface area contributed by atoms with Crippen LogP contribution in [-0.2, 0) is 9.68 Å². The Kier molecular flexibility index (Phi) is 9.09. The molecule has 28 heavy (non-hydrogen) atoms. The molecule has 0 bridgehead atoms. The molecule has 0 spiro atoms. The van der Waals surface area contributed by atoms with Gasteiger partial charge in [-0.1, -0.05) is 42.8 Å². The van der Waals surface area contributed by atoms with Gasteiger partial charge < -0.3 is 19.9 Å². The zero-order valence-electron chi connectivity index (χ0n) is 15.3. The van der Waals surface area contributed by atoms with Gasteiger partial charge in [-0.05, 0) is 37.1 Å². The van der Waals surface area contributed by atoms with Gasteiger partial charge in [-0.15, -0.1) is 5.48 Å². The quantitative estimate of drug-likeness (QED) is 0.260. The first-order valence-electron chi connectivity index (χ1n) is 8.95. The van der Waals surface area contributed by atoms with Crippen molar-refractivity contribution in [1.29, 1.82) is 0 Å². The van der Waals surface area contributed by atoms with Crippen molar-refractivity contribution in [2.24, 2.45) is 0 Å². The molecule has 2 aromatic carbocycles. The number of aliphatic hydroxyl groups excluding tert-OH is 1. The van der Waals surface area contributed by atoms with Gasteiger partial charge in [-0.2, -0.15) is 5.48 Å². The maximum atomic E-state index is 11.9. The summed E-state index contributed by atoms with van der Waals surface area (Å²) in [7, 11) is 0. The zero-order valence-corrected chi connectivity index (χ0v) is 15.3. The van der Waals surface area contributed by atoms with Gasteiger partial charge in [0.05, 0.1) is 17.2 Å². The number of hydrogen-bond donors (Lipinski definition) is 4. The monoisotopic (exact) mass is 388 g/mol. The predicted molar refractivity (Wildman–Crippen MR) is 101 cm³/mol. The van der Waals surface area contributed by atoms with Crippen molar-refractivity contribution < 1.29 is 29.5 Å². The summed E-state index contributed by atoms with van der Waals surface area (Å²) in [6.45, 7) is 0.399. The number of carbonyl (C=O) groups excluding carboxylic acids is 2. The van der Waals surface area contributed by atoms with Crippen molar-refractivity contribution in [2.45, 2.75) is 31.6 Å². The summed E-state index contributed by atoms with van der Waals surface area (Å²) < 4.78 is 0. The molecule has 0 aliphatic heterocycles. The zero-order chi connectivity index (χ0) is 20.2. The van der Waals surface area contributed by atoms with E-state index in [4.69, 9.17) is 9.68 Å². The molecule has 1 atom stereocenters. The van der Waals surface area contributed by atoms with Gasteiger partial charge in [-0.3, -0.25) is 0 Å². The first kappa shape index (κ1) is 21.5. The molecule has 0 amide bonds. The third kappa shape index (κ3) is 7.45. The molecule has 8 heteroatoms. The average molecular weight is 388 g/mol. The van der Waals surface area contributed by atoms with Gasteiger partial charge in [0.2, 0.25) is 0 Å². The van der Waals surface area contributed by atoms with Crippen molar-refractivity contribution in [3.05, 3.63) is 71.8 Å². The van der Waals surface area contributed by atoms with Gasteiger partial charge >= 0.3 is 11.9 Å². The number of nitrogens with one attached hydrogen (secondary N) is 2. The van der Waals surface area contributed by atoms with E-state index in [9.17, 15) is 19.8 Å². The molecule has 0 heterocycles. The van der Waals surface area contributed by atoms with Crippen LogP contribution in [0, 0.1) is 0 Å². The predicted octanol–water partition coefficient (Wildman–Crippen LogP) is 1.56. The number of aliphatic hydroxyl groups is 2. The van der Waals surface area contributed by atoms with Crippen LogP contribution in [0.1, 0.15) is 40.0 Å². The van der Waals surface area contributed by atoms with Crippen LogP contribution in [0.3, 0.4) is 0 Å². The molecule has 8 nitrogen and oxygen atoms in total. The molecular weight excluding hydrogens is 364 g/mol. The Morgan fingerprint density at radius 2 is 1.36 bits per heavy atom. The van der Waals surface area contributed by atoms with Crippen LogP contribution in [0.25, 0.3) is 0 Å². The fourth-order valence-electron chi connectivity index (χ4n) is 2.34. The lowest BCUT2D eigenvalue weighted by atomic mass is 10.1. The van der Waals surface area contributed by atoms with Gasteiger partial charge in [0.25, 0.3) is 0 Å². The number of hydroxylamine groups is 2. The van der Waals surface area contributed by atoms with Crippen LogP contribution in [0.5, 0.6) is 0 Å². The van der Waals surface area contributed by atoms with Gasteiger partial charge in [0, 0.05) is 6.54 Å². The minimum Gasteiger partial charge on any atom is -0.367 e. The van der Waals surface area contributed by atoms with E-state index in [1.165, 1.54) is 0 Å². The van der Waals surface area contributed by atoms with Crippen molar-refractivity contribution in [3.8, 4) is 0 Å². The number of unbranched alkanes of at least 4 members (excludes halogenated alkanes) is 1. The number of rotatable bonds is 11. The Labute approximate surface area is 163 Å². The highest BCUT2D eigenvalue weighted by Gasteiger charge is 2.18. The Morgan fingerprint density at radius 1 is 0.821 bits per heavy atom. The molecule has 2 rings (SSSR count). The number of hydrogen-bond acceptors (Lipinski definition) is 8. The Hall–Kier alpha value is -2.78. The molecule has 0 aliphatic carbocycles. The van der Waals surface area contributed by atoms with Crippen molar-refractivity contribution >= 4 is 11.9 Å². The third-order valence-electron chi connectivity index (χ3n) is 3.89. The topological polar surface area (TPSA) is 117 Å². The second kappa shape index (κ2) is 11.8. The van der Waals surface area contributed by atoms with E-state index in [1.807, 2.05) is 0 Å². The Morgan fingerprint density at radius 3 is 1.89 bits per heavy atom. The summed E-state index contributed by atoms with van der Waals surface area (Å²) in [4.78, 5) is 33.4. The van der Waals surface area contributed by atoms with Crippen LogP contribution >= 0.6 is 0 Å². The van der Waals surface area contributed by atoms with Crippen molar-refractivity contribution in [1.82, 2.24) is 11.0 Å². The molecular formula is C20H24N2O6. The van der Waals surface area contributed by atoms with Crippen LogP contribution in [0.15, 0.2) is 60.7 Å². The van der Waals surface area contributed by atoms with E-state index in [-0.39, 0.29) is 0 Å². The van der Waals surface area contributed by atoms with Crippen LogP contribution < -0.4 is 11.0 Å². The summed E-state index contributed by atoms with van der Waals surface area (Å²) in [5.74, 6) is -1.08. The van der Waals surface area contributed by atoms with E-state index in [0.29, 0.717) is 36.9 Å². The maximum absolute atomic E-state index is 11.9. The highest BCUT2D eigenvalue weighted by Crippen LogP contribution is 2.06. The van der Waals surface area contributed by atoms with Crippen LogP contribution in [0.4, 0.5) is 0 Å². The molecule has 0 aromatic heterocycles. The lowest BCUT2D eigenvalue weighted by molar-refractivity contribution is -0.101. The second-order valence-corrected chi connectivity index (χ2v) is 6.04. The largest absolute Gasteiger partial charge is 0.367 e. The molecule has 150 valence electrons. The highest BCUT2D eigenvalue weighted by molar-refractivity contribution is 5.89. The third-order valence-corrected chi connectivity index (χ3v) is 3.89. The lowest BCUT2D eigenvalue weighted by Crippen LogP contribution is -2.41. The van der Waals surface area contributed by atoms with E-state index in [2.05, 4.69) is 11.0 Å². The summed E-state index contributed by atoms with van der Waals surface area (Å²) in [5, 5.41) is 18.8. The lowest BCUT2D eigenvalue weighted by Gasteiger charge is -2.19. The SMILES string of the molecule is O=C(ONCCCCC(NOC(=O)c1ccccc1)C(O)O)c1ccccc1. The Balaban J connectivity index is 1.62. The fourth-order valence-corrected chi connectivity index (χ4v) is 2.34. The molecule has 0 saturated carbocycles. The number of benzene rings is 2. The van der Waals surface area contributed by atoms with E-state index < -0.39 is 24.3 Å². The average Bonchev–Trinajstić information content (AvgIpc) is 2.73. The van der Waals surface area contributed by atoms with Crippen LogP contribution in [-0.4, -0.2) is 41.0 Å². The molecule has 0 radical (unpaired) electrons. The first-order valence-corrected chi connectivity index (χ1v) is 8.95. The van der Waals surface area contributed by atoms with Gasteiger partial charge in [-0.25, -0.2) is 9.59 Å². The van der Waals surface area contributed by atoms with E-state index in [0.717, 1.165) is 0 Å². The second-order valence-electron chi connectivity index (χ2n) is 6.04. The Bertz CT molecular complexity index is 724. The van der Waals surface area contributed by atoms with Gasteiger partial charge in [0.1, 0.15) is 0 Å².